The molecule has 0 radical (unpaired) electrons. The molecule has 1 aliphatic rings. The smallest absolute Gasteiger partial charge is 0.196 e. The van der Waals surface area contributed by atoms with Crippen LogP contribution in [0.4, 0.5) is 0 Å². The van der Waals surface area contributed by atoms with Crippen molar-refractivity contribution in [3.8, 4) is 0 Å². The molecule has 5 heteroatoms. The Morgan fingerprint density at radius 1 is 1.21 bits per heavy atom. The summed E-state index contributed by atoms with van der Waals surface area (Å²) in [6.07, 6.45) is 12.1. The van der Waals surface area contributed by atoms with Gasteiger partial charge in [0.2, 0.25) is 0 Å². The fourth-order valence-corrected chi connectivity index (χ4v) is 3.96. The zero-order valence-electron chi connectivity index (χ0n) is 16.4. The Bertz CT molecular complexity index is 998. The maximum absolute atomic E-state index is 12.7. The number of benzene rings is 1. The third-order valence-corrected chi connectivity index (χ3v) is 5.60. The lowest BCUT2D eigenvalue weighted by molar-refractivity contribution is 0.103. The Morgan fingerprint density at radius 2 is 2.11 bits per heavy atom. The number of aromatic nitrogens is 1. The van der Waals surface area contributed by atoms with Crippen LogP contribution in [-0.4, -0.2) is 35.0 Å². The summed E-state index contributed by atoms with van der Waals surface area (Å²) in [7, 11) is 0. The van der Waals surface area contributed by atoms with Crippen LogP contribution in [0, 0.1) is 0 Å². The van der Waals surface area contributed by atoms with E-state index in [1.807, 2.05) is 24.4 Å². The number of hydrogen-bond acceptors (Lipinski definition) is 4. The second kappa shape index (κ2) is 8.07. The highest BCUT2D eigenvalue weighted by Crippen LogP contribution is 2.31. The second-order valence-corrected chi connectivity index (χ2v) is 7.51. The summed E-state index contributed by atoms with van der Waals surface area (Å²) in [4.78, 5) is 15.2. The van der Waals surface area contributed by atoms with Crippen LogP contribution in [-0.2, 0) is 0 Å². The van der Waals surface area contributed by atoms with E-state index in [-0.39, 0.29) is 5.78 Å². The molecule has 4 rings (SSSR count). The maximum Gasteiger partial charge on any atom is 0.196 e. The van der Waals surface area contributed by atoms with Gasteiger partial charge in [-0.2, -0.15) is 0 Å². The van der Waals surface area contributed by atoms with Gasteiger partial charge in [0.05, 0.1) is 17.3 Å². The van der Waals surface area contributed by atoms with E-state index in [2.05, 4.69) is 17.9 Å². The molecule has 0 fully saturated rings. The molecular weight excluding hydrogens is 350 g/mol. The molecular formula is C23H27N3O2. The Hall–Kier alpha value is -2.79. The molecule has 0 unspecified atom stereocenters. The van der Waals surface area contributed by atoms with Crippen LogP contribution in [0.15, 0.2) is 53.5 Å². The van der Waals surface area contributed by atoms with Crippen LogP contribution in [0.2, 0.25) is 0 Å². The molecule has 3 heterocycles. The fraction of sp³-hybridized carbons (Fsp3) is 0.348. The Kier molecular flexibility index (Phi) is 5.35. The van der Waals surface area contributed by atoms with Crippen molar-refractivity contribution in [2.24, 2.45) is 0 Å². The number of nitrogen functional groups attached to an aromatic ring is 1. The lowest BCUT2D eigenvalue weighted by Gasteiger charge is -2.26. The van der Waals surface area contributed by atoms with E-state index < -0.39 is 0 Å². The van der Waals surface area contributed by atoms with Crippen LogP contribution in [0.5, 0.6) is 0 Å². The van der Waals surface area contributed by atoms with E-state index in [4.69, 9.17) is 10.3 Å². The van der Waals surface area contributed by atoms with Gasteiger partial charge in [-0.05, 0) is 49.2 Å². The maximum atomic E-state index is 12.7. The Labute approximate surface area is 165 Å². The van der Waals surface area contributed by atoms with Crippen molar-refractivity contribution in [2.75, 3.05) is 25.5 Å². The predicted molar refractivity (Wildman–Crippen MR) is 113 cm³/mol. The highest BCUT2D eigenvalue weighted by atomic mass is 16.3. The zero-order chi connectivity index (χ0) is 19.5. The SMILES string of the molecule is CCCCCN1CC=C(c2cn(N)c3ccc(C(=O)c4ccoc4)cc23)CC1. The van der Waals surface area contributed by atoms with Gasteiger partial charge in [0, 0.05) is 35.8 Å². The highest BCUT2D eigenvalue weighted by molar-refractivity contribution is 6.11. The van der Waals surface area contributed by atoms with Crippen molar-refractivity contribution in [1.29, 1.82) is 0 Å². The molecule has 0 bridgehead atoms. The van der Waals surface area contributed by atoms with Gasteiger partial charge in [-0.1, -0.05) is 25.8 Å². The van der Waals surface area contributed by atoms with Crippen molar-refractivity contribution in [1.82, 2.24) is 9.58 Å². The van der Waals surface area contributed by atoms with Crippen LogP contribution in [0.1, 0.15) is 54.1 Å². The molecule has 1 aliphatic heterocycles. The van der Waals surface area contributed by atoms with Crippen LogP contribution >= 0.6 is 0 Å². The number of nitrogens with zero attached hydrogens (tertiary/aromatic N) is 2. The molecule has 0 saturated carbocycles. The molecule has 146 valence electrons. The van der Waals surface area contributed by atoms with Gasteiger partial charge in [-0.25, -0.2) is 0 Å². The lowest BCUT2D eigenvalue weighted by Crippen LogP contribution is -2.29. The molecule has 2 N–H and O–H groups in total. The summed E-state index contributed by atoms with van der Waals surface area (Å²) in [6, 6.07) is 7.40. The van der Waals surface area contributed by atoms with Crippen LogP contribution in [0.3, 0.4) is 0 Å². The lowest BCUT2D eigenvalue weighted by atomic mass is 9.96. The number of fused-ring (bicyclic) bond motifs is 1. The van der Waals surface area contributed by atoms with Crippen molar-refractivity contribution >= 4 is 22.3 Å². The van der Waals surface area contributed by atoms with Gasteiger partial charge in [0.15, 0.2) is 5.78 Å². The largest absolute Gasteiger partial charge is 0.472 e. The first-order chi connectivity index (χ1) is 13.7. The van der Waals surface area contributed by atoms with Gasteiger partial charge in [-0.3, -0.25) is 14.4 Å². The van der Waals surface area contributed by atoms with Crippen molar-refractivity contribution in [3.63, 3.8) is 0 Å². The molecule has 1 aromatic carbocycles. The average Bonchev–Trinajstić information content (AvgIpc) is 3.37. The number of hydrogen-bond donors (Lipinski definition) is 1. The normalized spacial score (nSPS) is 15.1. The molecule has 28 heavy (non-hydrogen) atoms. The van der Waals surface area contributed by atoms with E-state index in [9.17, 15) is 4.79 Å². The van der Waals surface area contributed by atoms with E-state index >= 15 is 0 Å². The van der Waals surface area contributed by atoms with Gasteiger partial charge >= 0.3 is 0 Å². The van der Waals surface area contributed by atoms with E-state index in [0.29, 0.717) is 11.1 Å². The summed E-state index contributed by atoms with van der Waals surface area (Å²) >= 11 is 0. The number of carbonyl (C=O) groups is 1. The van der Waals surface area contributed by atoms with Gasteiger partial charge in [0.25, 0.3) is 0 Å². The van der Waals surface area contributed by atoms with Crippen molar-refractivity contribution < 1.29 is 9.21 Å². The average molecular weight is 377 g/mol. The third kappa shape index (κ3) is 3.62. The monoisotopic (exact) mass is 377 g/mol. The molecule has 0 spiro atoms. The van der Waals surface area contributed by atoms with Gasteiger partial charge < -0.3 is 10.3 Å². The summed E-state index contributed by atoms with van der Waals surface area (Å²) in [5, 5.41) is 1.03. The number of unbranched alkanes of at least 4 members (excludes halogenated alkanes) is 2. The minimum Gasteiger partial charge on any atom is -0.472 e. The minimum absolute atomic E-state index is 0.0360. The number of ketones is 1. The Balaban J connectivity index is 1.61. The second-order valence-electron chi connectivity index (χ2n) is 7.51. The van der Waals surface area contributed by atoms with Crippen molar-refractivity contribution in [2.45, 2.75) is 32.6 Å². The summed E-state index contributed by atoms with van der Waals surface area (Å²) in [5.74, 6) is 6.16. The summed E-state index contributed by atoms with van der Waals surface area (Å²) < 4.78 is 6.71. The first-order valence-corrected chi connectivity index (χ1v) is 10.1. The van der Waals surface area contributed by atoms with Crippen LogP contribution < -0.4 is 5.84 Å². The van der Waals surface area contributed by atoms with E-state index in [0.717, 1.165) is 36.0 Å². The fourth-order valence-electron chi connectivity index (χ4n) is 3.96. The van der Waals surface area contributed by atoms with E-state index in [1.165, 1.54) is 43.9 Å². The standard InChI is InChI=1S/C23H27N3O2/c1-2-3-4-10-25-11-7-17(8-12-25)21-15-26(24)22-6-5-18(14-20(21)22)23(27)19-9-13-28-16-19/h5-7,9,13-16H,2-4,8,10-12,24H2,1H3. The van der Waals surface area contributed by atoms with Gasteiger partial charge in [0.1, 0.15) is 6.26 Å². The van der Waals surface area contributed by atoms with Crippen molar-refractivity contribution in [3.05, 3.63) is 65.8 Å². The first-order valence-electron chi connectivity index (χ1n) is 10.1. The Morgan fingerprint density at radius 3 is 2.82 bits per heavy atom. The third-order valence-electron chi connectivity index (χ3n) is 5.60. The van der Waals surface area contributed by atoms with E-state index in [1.54, 1.807) is 10.7 Å². The first kappa shape index (κ1) is 18.6. The predicted octanol–water partition coefficient (Wildman–Crippen LogP) is 4.46. The molecule has 0 aliphatic carbocycles. The van der Waals surface area contributed by atoms with Crippen LogP contribution in [0.25, 0.3) is 16.5 Å². The molecule has 3 aromatic rings. The molecule has 5 nitrogen and oxygen atoms in total. The molecule has 2 aromatic heterocycles. The number of furan rings is 1. The zero-order valence-corrected chi connectivity index (χ0v) is 16.4. The molecule has 0 atom stereocenters. The highest BCUT2D eigenvalue weighted by Gasteiger charge is 2.18. The number of rotatable bonds is 7. The summed E-state index contributed by atoms with van der Waals surface area (Å²) in [6.45, 7) is 5.45. The quantitative estimate of drug-likeness (QED) is 0.375. The molecule has 0 amide bonds. The number of nitrogens with two attached hydrogens (primary N) is 1. The number of carbonyl (C=O) groups excluding carboxylic acids is 1. The summed E-state index contributed by atoms with van der Waals surface area (Å²) in [5.41, 5.74) is 4.60. The van der Waals surface area contributed by atoms with Gasteiger partial charge in [-0.15, -0.1) is 0 Å². The topological polar surface area (TPSA) is 64.4 Å². The minimum atomic E-state index is -0.0360. The molecule has 0 saturated heterocycles.